The van der Waals surface area contributed by atoms with E-state index in [4.69, 9.17) is 20.4 Å². The molecule has 0 aromatic heterocycles. The molecule has 0 aliphatic heterocycles. The molecule has 1 aromatic rings. The van der Waals surface area contributed by atoms with Crippen molar-refractivity contribution in [2.24, 2.45) is 0 Å². The minimum atomic E-state index is -1.69. The fourth-order valence-electron chi connectivity index (χ4n) is 1.19. The molecule has 0 heterocycles. The third-order valence-corrected chi connectivity index (χ3v) is 1.80. The molecule has 0 radical (unpaired) electrons. The van der Waals surface area contributed by atoms with Gasteiger partial charge in [0, 0.05) is 19.5 Å². The van der Waals surface area contributed by atoms with Crippen LogP contribution in [0.5, 0.6) is 5.75 Å². The van der Waals surface area contributed by atoms with Crippen LogP contribution < -0.4 is 0 Å². The molecular formula is C9H6O7Zn. The Morgan fingerprint density at radius 2 is 1.18 bits per heavy atom. The van der Waals surface area contributed by atoms with Gasteiger partial charge in [0.25, 0.3) is 0 Å². The summed E-state index contributed by atoms with van der Waals surface area (Å²) in [6.45, 7) is 0. The van der Waals surface area contributed by atoms with Gasteiger partial charge in [0.1, 0.15) is 5.75 Å². The van der Waals surface area contributed by atoms with Crippen molar-refractivity contribution in [3.05, 3.63) is 28.8 Å². The van der Waals surface area contributed by atoms with Crippen molar-refractivity contribution < 1.29 is 54.3 Å². The van der Waals surface area contributed by atoms with Crippen LogP contribution in [0.15, 0.2) is 12.1 Å². The first-order valence-corrected chi connectivity index (χ1v) is 3.91. The Hall–Kier alpha value is -1.95. The molecule has 0 bridgehead atoms. The molecule has 0 spiro atoms. The first kappa shape index (κ1) is 15.1. The first-order chi connectivity index (χ1) is 7.34. The predicted octanol–water partition coefficient (Wildman–Crippen LogP) is 0.484. The van der Waals surface area contributed by atoms with E-state index in [1.165, 1.54) is 0 Å². The second-order valence-electron chi connectivity index (χ2n) is 2.83. The van der Waals surface area contributed by atoms with Gasteiger partial charge < -0.3 is 20.4 Å². The summed E-state index contributed by atoms with van der Waals surface area (Å²) >= 11 is 0. The minimum absolute atomic E-state index is 0. The number of phenolic OH excluding ortho intramolecular Hbond substituents is 1. The standard InChI is InChI=1S/C9H6O7.Zn/c10-3-1-4(7(11)12)6(9(15)16)5(2-3)8(13)14;/h1-2,10H,(H,11,12)(H,13,14)(H,15,16);. The van der Waals surface area contributed by atoms with Gasteiger partial charge in [-0.1, -0.05) is 0 Å². The average Bonchev–Trinajstić information content (AvgIpc) is 2.15. The Labute approximate surface area is 107 Å². The van der Waals surface area contributed by atoms with Crippen LogP contribution in [0, 0.1) is 0 Å². The Kier molecular flexibility index (Phi) is 4.78. The Morgan fingerprint density at radius 1 is 0.824 bits per heavy atom. The van der Waals surface area contributed by atoms with Gasteiger partial charge in [0.15, 0.2) is 0 Å². The molecule has 1 rings (SSSR count). The number of carbonyl (C=O) groups is 3. The van der Waals surface area contributed by atoms with E-state index in [0.717, 1.165) is 0 Å². The molecule has 4 N–H and O–H groups in total. The molecule has 0 amide bonds. The topological polar surface area (TPSA) is 132 Å². The molecule has 0 unspecified atom stereocenters. The van der Waals surface area contributed by atoms with E-state index in [1.807, 2.05) is 0 Å². The van der Waals surface area contributed by atoms with E-state index in [1.54, 1.807) is 0 Å². The van der Waals surface area contributed by atoms with Gasteiger partial charge in [-0.2, -0.15) is 0 Å². The number of carboxylic acid groups (broad SMARTS) is 3. The van der Waals surface area contributed by atoms with Gasteiger partial charge in [-0.05, 0) is 12.1 Å². The third kappa shape index (κ3) is 3.01. The second kappa shape index (κ2) is 5.40. The zero-order valence-electron chi connectivity index (χ0n) is 8.38. The maximum atomic E-state index is 10.8. The minimum Gasteiger partial charge on any atom is -0.508 e. The number of hydrogen-bond acceptors (Lipinski definition) is 4. The van der Waals surface area contributed by atoms with E-state index in [9.17, 15) is 14.4 Å². The molecule has 86 valence electrons. The number of aromatic carboxylic acids is 3. The molecular weight excluding hydrogens is 285 g/mol. The Bertz CT molecular complexity index is 459. The van der Waals surface area contributed by atoms with Crippen LogP contribution in [0.3, 0.4) is 0 Å². The molecule has 0 aliphatic carbocycles. The van der Waals surface area contributed by atoms with Crippen LogP contribution in [0.25, 0.3) is 0 Å². The van der Waals surface area contributed by atoms with Gasteiger partial charge in [0.05, 0.1) is 16.7 Å². The molecule has 17 heavy (non-hydrogen) atoms. The Morgan fingerprint density at radius 3 is 1.41 bits per heavy atom. The van der Waals surface area contributed by atoms with E-state index < -0.39 is 40.3 Å². The van der Waals surface area contributed by atoms with Crippen molar-refractivity contribution in [3.8, 4) is 5.75 Å². The quantitative estimate of drug-likeness (QED) is 0.595. The monoisotopic (exact) mass is 290 g/mol. The summed E-state index contributed by atoms with van der Waals surface area (Å²) in [6, 6.07) is 1.36. The zero-order valence-corrected chi connectivity index (χ0v) is 11.3. The van der Waals surface area contributed by atoms with Crippen molar-refractivity contribution in [3.63, 3.8) is 0 Å². The van der Waals surface area contributed by atoms with E-state index >= 15 is 0 Å². The summed E-state index contributed by atoms with van der Waals surface area (Å²) in [5.74, 6) is -5.57. The number of phenols is 1. The number of hydrogen-bond donors (Lipinski definition) is 4. The van der Waals surface area contributed by atoms with Crippen molar-refractivity contribution in [2.45, 2.75) is 0 Å². The number of rotatable bonds is 3. The van der Waals surface area contributed by atoms with Crippen molar-refractivity contribution >= 4 is 17.9 Å². The number of benzene rings is 1. The second-order valence-corrected chi connectivity index (χ2v) is 2.83. The van der Waals surface area contributed by atoms with Crippen LogP contribution in [0.1, 0.15) is 31.1 Å². The third-order valence-electron chi connectivity index (χ3n) is 1.80. The summed E-state index contributed by atoms with van der Waals surface area (Å²) < 4.78 is 0. The normalized spacial score (nSPS) is 9.18. The van der Waals surface area contributed by atoms with E-state index in [0.29, 0.717) is 12.1 Å². The molecule has 0 saturated carbocycles. The summed E-state index contributed by atoms with van der Waals surface area (Å²) in [7, 11) is 0. The Balaban J connectivity index is 0.00000256. The van der Waals surface area contributed by atoms with Gasteiger partial charge in [0.2, 0.25) is 0 Å². The van der Waals surface area contributed by atoms with Gasteiger partial charge in [-0.25, -0.2) is 14.4 Å². The summed E-state index contributed by atoms with van der Waals surface area (Å²) in [4.78, 5) is 32.1. The van der Waals surface area contributed by atoms with Crippen LogP contribution in [-0.4, -0.2) is 38.3 Å². The van der Waals surface area contributed by atoms with Gasteiger partial charge in [-0.3, -0.25) is 0 Å². The van der Waals surface area contributed by atoms with E-state index in [-0.39, 0.29) is 19.5 Å². The fraction of sp³-hybridized carbons (Fsp3) is 0. The summed E-state index contributed by atoms with van der Waals surface area (Å²) in [6.07, 6.45) is 0. The molecule has 0 aliphatic rings. The molecule has 0 fully saturated rings. The number of aromatic hydroxyl groups is 1. The maximum absolute atomic E-state index is 10.8. The van der Waals surface area contributed by atoms with Crippen molar-refractivity contribution in [1.82, 2.24) is 0 Å². The van der Waals surface area contributed by atoms with Gasteiger partial charge >= 0.3 is 17.9 Å². The van der Waals surface area contributed by atoms with Crippen LogP contribution in [-0.2, 0) is 19.5 Å². The maximum Gasteiger partial charge on any atom is 0.337 e. The van der Waals surface area contributed by atoms with Crippen molar-refractivity contribution in [1.29, 1.82) is 0 Å². The molecule has 0 saturated heterocycles. The molecule has 7 nitrogen and oxygen atoms in total. The van der Waals surface area contributed by atoms with Gasteiger partial charge in [-0.15, -0.1) is 0 Å². The molecule has 0 atom stereocenters. The number of carboxylic acids is 3. The molecule has 8 heteroatoms. The molecule has 1 aromatic carbocycles. The average molecular weight is 292 g/mol. The van der Waals surface area contributed by atoms with E-state index in [2.05, 4.69) is 0 Å². The van der Waals surface area contributed by atoms with Crippen LogP contribution >= 0.6 is 0 Å². The van der Waals surface area contributed by atoms with Crippen LogP contribution in [0.4, 0.5) is 0 Å². The SMILES string of the molecule is O=C(O)c1cc(O)cc(C(=O)O)c1C(=O)O.[Zn]. The smallest absolute Gasteiger partial charge is 0.337 e. The fourth-order valence-corrected chi connectivity index (χ4v) is 1.19. The summed E-state index contributed by atoms with van der Waals surface area (Å²) in [5, 5.41) is 35.2. The zero-order chi connectivity index (χ0) is 12.5. The van der Waals surface area contributed by atoms with Crippen LogP contribution in [0.2, 0.25) is 0 Å². The van der Waals surface area contributed by atoms with Crippen molar-refractivity contribution in [2.75, 3.05) is 0 Å². The largest absolute Gasteiger partial charge is 0.508 e. The predicted molar refractivity (Wildman–Crippen MR) is 49.0 cm³/mol. The first-order valence-electron chi connectivity index (χ1n) is 3.91. The summed E-state index contributed by atoms with van der Waals surface area (Å²) in [5.41, 5.74) is -2.41.